The summed E-state index contributed by atoms with van der Waals surface area (Å²) in [7, 11) is 6.80. The van der Waals surface area contributed by atoms with Crippen molar-refractivity contribution in [1.29, 1.82) is 0 Å². The van der Waals surface area contributed by atoms with Gasteiger partial charge >= 0.3 is 5.97 Å². The van der Waals surface area contributed by atoms with Crippen LogP contribution in [0.1, 0.15) is 26.3 Å². The molecule has 0 amide bonds. The van der Waals surface area contributed by atoms with Crippen LogP contribution >= 0.6 is 15.9 Å². The molecule has 0 saturated heterocycles. The number of aldehydes is 1. The quantitative estimate of drug-likeness (QED) is 0.160. The third-order valence-corrected chi connectivity index (χ3v) is 5.37. The zero-order valence-corrected chi connectivity index (χ0v) is 26.0. The Morgan fingerprint density at radius 3 is 1.62 bits per heavy atom. The lowest BCUT2D eigenvalue weighted by Crippen LogP contribution is -2.06. The summed E-state index contributed by atoms with van der Waals surface area (Å²) in [6.45, 7) is -0.270. The number of ether oxygens (including phenoxy) is 5. The van der Waals surface area contributed by atoms with Gasteiger partial charge in [0.25, 0.3) is 0 Å². The third-order valence-electron chi connectivity index (χ3n) is 4.81. The highest BCUT2D eigenvalue weighted by Gasteiger charge is 2.14. The molecule has 0 aliphatic rings. The van der Waals surface area contributed by atoms with E-state index in [2.05, 4.69) is 45.3 Å². The van der Waals surface area contributed by atoms with Gasteiger partial charge in [0.2, 0.25) is 23.5 Å². The van der Waals surface area contributed by atoms with Gasteiger partial charge in [-0.3, -0.25) is 4.79 Å². The van der Waals surface area contributed by atoms with Crippen molar-refractivity contribution in [2.75, 3.05) is 35.5 Å². The molecule has 0 aliphatic carbocycles. The first kappa shape index (κ1) is 38.1. The third kappa shape index (κ3) is 12.7. The normalized spacial score (nSPS) is 9.49. The molecule has 4 aromatic heterocycles. The number of aliphatic hydroxyl groups is 1. The van der Waals surface area contributed by atoms with Gasteiger partial charge in [-0.15, -0.1) is 0 Å². The second-order valence-electron chi connectivity index (χ2n) is 7.70. The van der Waals surface area contributed by atoms with E-state index in [1.165, 1.54) is 47.7 Å². The number of hydrogen-bond donors (Lipinski definition) is 1. The van der Waals surface area contributed by atoms with Gasteiger partial charge in [-0.1, -0.05) is 0 Å². The number of pyridine rings is 4. The number of carbonyl (C=O) groups is 2. The standard InChI is InChI=1S/C8H8FNO3.C7H8FNO2.C7H6FNO2.C6H5BrFNO/c1-12-7-6(8(11)13-2)3-5(9)4-10-7;2*1-11-7-5(4-10)2-6(8)3-9-7;1-10-6-5(7)2-4(8)3-9-6/h3-4H,1-2H3;2-3,10H,4H2,1H3;2-4H,1H3;2-3H,1H3. The summed E-state index contributed by atoms with van der Waals surface area (Å²) in [5.41, 5.74) is 0.449. The van der Waals surface area contributed by atoms with Crippen molar-refractivity contribution in [2.45, 2.75) is 6.61 Å². The van der Waals surface area contributed by atoms with E-state index in [1.54, 1.807) is 0 Å². The Balaban J connectivity index is 0.000000301. The monoisotopic (exact) mass is 702 g/mol. The molecule has 4 rings (SSSR count). The minimum Gasteiger partial charge on any atom is -0.481 e. The zero-order valence-electron chi connectivity index (χ0n) is 24.4. The van der Waals surface area contributed by atoms with Gasteiger partial charge in [-0.2, -0.15) is 0 Å². The summed E-state index contributed by atoms with van der Waals surface area (Å²) in [5, 5.41) is 8.69. The summed E-state index contributed by atoms with van der Waals surface area (Å²) in [6.07, 6.45) is 4.59. The van der Waals surface area contributed by atoms with E-state index < -0.39 is 23.4 Å². The van der Waals surface area contributed by atoms with Crippen molar-refractivity contribution in [1.82, 2.24) is 19.9 Å². The van der Waals surface area contributed by atoms with Gasteiger partial charge in [-0.05, 0) is 40.2 Å². The second kappa shape index (κ2) is 20.1. The first-order valence-electron chi connectivity index (χ1n) is 12.0. The summed E-state index contributed by atoms with van der Waals surface area (Å²) < 4.78 is 73.7. The molecule has 0 radical (unpaired) electrons. The van der Waals surface area contributed by atoms with Crippen molar-refractivity contribution >= 4 is 28.2 Å². The van der Waals surface area contributed by atoms with Gasteiger partial charge in [0, 0.05) is 5.56 Å². The fraction of sp³-hybridized carbons (Fsp3) is 0.214. The molecular formula is C28H27BrF4N4O8. The largest absolute Gasteiger partial charge is 0.481 e. The van der Waals surface area contributed by atoms with Crippen molar-refractivity contribution in [2.24, 2.45) is 0 Å². The fourth-order valence-corrected chi connectivity index (χ4v) is 3.34. The maximum absolute atomic E-state index is 12.7. The fourth-order valence-electron chi connectivity index (χ4n) is 2.86. The van der Waals surface area contributed by atoms with E-state index in [0.717, 1.165) is 36.9 Å². The van der Waals surface area contributed by atoms with Crippen LogP contribution in [0.15, 0.2) is 53.5 Å². The smallest absolute Gasteiger partial charge is 0.343 e. The van der Waals surface area contributed by atoms with E-state index in [0.29, 0.717) is 22.2 Å². The summed E-state index contributed by atoms with van der Waals surface area (Å²) in [5.74, 6) is -1.86. The number of aliphatic hydroxyl groups excluding tert-OH is 1. The summed E-state index contributed by atoms with van der Waals surface area (Å²) in [4.78, 5) is 35.7. The highest BCUT2D eigenvalue weighted by molar-refractivity contribution is 9.10. The van der Waals surface area contributed by atoms with Crippen molar-refractivity contribution in [3.8, 4) is 23.5 Å². The van der Waals surface area contributed by atoms with Crippen LogP contribution in [0.2, 0.25) is 0 Å². The van der Waals surface area contributed by atoms with Gasteiger partial charge in [0.15, 0.2) is 6.29 Å². The minimum absolute atomic E-state index is 0.0231. The number of aromatic nitrogens is 4. The molecule has 1 N–H and O–H groups in total. The zero-order chi connectivity index (χ0) is 33.9. The van der Waals surface area contributed by atoms with Crippen molar-refractivity contribution < 1.29 is 55.9 Å². The van der Waals surface area contributed by atoms with Crippen LogP contribution in [0.5, 0.6) is 23.5 Å². The number of methoxy groups -OCH3 is 5. The van der Waals surface area contributed by atoms with Crippen LogP contribution in [0.3, 0.4) is 0 Å². The molecule has 0 unspecified atom stereocenters. The number of esters is 1. The predicted molar refractivity (Wildman–Crippen MR) is 153 cm³/mol. The average molecular weight is 703 g/mol. The van der Waals surface area contributed by atoms with E-state index >= 15 is 0 Å². The van der Waals surface area contributed by atoms with Crippen LogP contribution in [-0.2, 0) is 11.3 Å². The van der Waals surface area contributed by atoms with Crippen LogP contribution < -0.4 is 18.9 Å². The highest BCUT2D eigenvalue weighted by atomic mass is 79.9. The molecule has 4 aromatic rings. The van der Waals surface area contributed by atoms with Crippen molar-refractivity contribution in [3.05, 3.63) is 93.5 Å². The SMILES string of the molecule is COC(=O)c1cc(F)cnc1OC.COc1ncc(F)cc1Br.COc1ncc(F)cc1C=O.COc1ncc(F)cc1CO. The molecule has 0 atom stereocenters. The Hall–Kier alpha value is -4.90. The molecule has 17 heteroatoms. The maximum atomic E-state index is 12.7. The first-order chi connectivity index (χ1) is 21.5. The molecule has 0 saturated carbocycles. The number of rotatable bonds is 7. The number of halogens is 5. The van der Waals surface area contributed by atoms with E-state index in [4.69, 9.17) is 19.3 Å². The molecule has 242 valence electrons. The number of hydrogen-bond acceptors (Lipinski definition) is 12. The molecule has 45 heavy (non-hydrogen) atoms. The summed E-state index contributed by atoms with van der Waals surface area (Å²) in [6, 6.07) is 4.56. The maximum Gasteiger partial charge on any atom is 0.343 e. The Bertz CT molecular complexity index is 1550. The molecule has 0 aromatic carbocycles. The van der Waals surface area contributed by atoms with Gasteiger partial charge in [0.1, 0.15) is 28.8 Å². The van der Waals surface area contributed by atoms with E-state index in [-0.39, 0.29) is 41.2 Å². The number of carbonyl (C=O) groups excluding carboxylic acids is 2. The molecule has 0 aliphatic heterocycles. The Morgan fingerprint density at radius 1 is 0.711 bits per heavy atom. The van der Waals surface area contributed by atoms with Gasteiger partial charge in [-0.25, -0.2) is 42.3 Å². The van der Waals surface area contributed by atoms with E-state index in [9.17, 15) is 27.2 Å². The van der Waals surface area contributed by atoms with Gasteiger partial charge in [0.05, 0.1) is 77.0 Å². The Kier molecular flexibility index (Phi) is 17.1. The lowest BCUT2D eigenvalue weighted by molar-refractivity contribution is 0.0595. The van der Waals surface area contributed by atoms with Crippen LogP contribution in [0.4, 0.5) is 17.6 Å². The van der Waals surface area contributed by atoms with Gasteiger partial charge < -0.3 is 28.8 Å². The molecule has 0 bridgehead atoms. The number of nitrogens with zero attached hydrogens (tertiary/aromatic N) is 4. The second-order valence-corrected chi connectivity index (χ2v) is 8.55. The highest BCUT2D eigenvalue weighted by Crippen LogP contribution is 2.21. The lowest BCUT2D eigenvalue weighted by atomic mass is 10.3. The Morgan fingerprint density at radius 2 is 1.16 bits per heavy atom. The first-order valence-corrected chi connectivity index (χ1v) is 12.8. The van der Waals surface area contributed by atoms with Crippen LogP contribution in [0, 0.1) is 23.3 Å². The topological polar surface area (TPSA) is 152 Å². The lowest BCUT2D eigenvalue weighted by Gasteiger charge is -2.04. The van der Waals surface area contributed by atoms with E-state index in [1.807, 2.05) is 0 Å². The van der Waals surface area contributed by atoms with Crippen molar-refractivity contribution in [3.63, 3.8) is 0 Å². The predicted octanol–water partition coefficient (Wildman–Crippen LogP) is 4.77. The minimum atomic E-state index is -0.677. The average Bonchev–Trinajstić information content (AvgIpc) is 3.05. The molecule has 12 nitrogen and oxygen atoms in total. The summed E-state index contributed by atoms with van der Waals surface area (Å²) >= 11 is 3.08. The van der Waals surface area contributed by atoms with Crippen LogP contribution in [-0.4, -0.2) is 72.8 Å². The molecule has 4 heterocycles. The van der Waals surface area contributed by atoms with Crippen LogP contribution in [0.25, 0.3) is 0 Å². The molecule has 0 fully saturated rings. The Labute approximate surface area is 263 Å². The molecular weight excluding hydrogens is 676 g/mol. The molecule has 0 spiro atoms.